The lowest BCUT2D eigenvalue weighted by molar-refractivity contribution is -0.131. The number of nitrogens with zero attached hydrogens (tertiary/aromatic N) is 2. The summed E-state index contributed by atoms with van der Waals surface area (Å²) in [7, 11) is 4.69. The molecule has 0 spiro atoms. The lowest BCUT2D eigenvalue weighted by Gasteiger charge is -2.19. The topological polar surface area (TPSA) is 82.0 Å². The van der Waals surface area contributed by atoms with E-state index in [1.54, 1.807) is 27.4 Å². The van der Waals surface area contributed by atoms with E-state index in [1.807, 2.05) is 59.8 Å². The standard InChI is InChI=1S/C26H33N3O5/c1-6-28(7-2)24(31)17-29-15-14-19-16-20(10-11-21(19)29)27-23(30)13-9-18-8-12-22(32-3)26(34-5)25(18)33-4/h8,10-12,14-16H,6-7,9,13,17H2,1-5H3,(H,27,30). The number of hydrogen-bond donors (Lipinski definition) is 1. The number of aryl methyl sites for hydroxylation is 1. The fourth-order valence-electron chi connectivity index (χ4n) is 4.07. The first-order valence-electron chi connectivity index (χ1n) is 11.4. The monoisotopic (exact) mass is 467 g/mol. The van der Waals surface area contributed by atoms with E-state index in [0.29, 0.717) is 49.0 Å². The predicted molar refractivity (Wildman–Crippen MR) is 133 cm³/mol. The quantitative estimate of drug-likeness (QED) is 0.459. The van der Waals surface area contributed by atoms with Crippen LogP contribution in [0.5, 0.6) is 17.2 Å². The van der Waals surface area contributed by atoms with Crippen molar-refractivity contribution in [3.05, 3.63) is 48.2 Å². The number of fused-ring (bicyclic) bond motifs is 1. The first kappa shape index (κ1) is 25.0. The first-order chi connectivity index (χ1) is 16.4. The van der Waals surface area contributed by atoms with Gasteiger partial charge in [0.1, 0.15) is 6.54 Å². The molecule has 0 saturated heterocycles. The van der Waals surface area contributed by atoms with Crippen molar-refractivity contribution < 1.29 is 23.8 Å². The molecule has 0 unspecified atom stereocenters. The maximum absolute atomic E-state index is 12.6. The summed E-state index contributed by atoms with van der Waals surface area (Å²) in [4.78, 5) is 26.9. The minimum absolute atomic E-state index is 0.0884. The van der Waals surface area contributed by atoms with Crippen LogP contribution in [0.25, 0.3) is 10.9 Å². The highest BCUT2D eigenvalue weighted by Crippen LogP contribution is 2.40. The summed E-state index contributed by atoms with van der Waals surface area (Å²) in [6, 6.07) is 11.3. The van der Waals surface area contributed by atoms with E-state index in [2.05, 4.69) is 5.32 Å². The Balaban J connectivity index is 1.66. The van der Waals surface area contributed by atoms with Crippen molar-refractivity contribution >= 4 is 28.4 Å². The zero-order chi connectivity index (χ0) is 24.7. The van der Waals surface area contributed by atoms with Gasteiger partial charge in [-0.1, -0.05) is 6.07 Å². The van der Waals surface area contributed by atoms with Crippen LogP contribution in [0.3, 0.4) is 0 Å². The molecule has 0 radical (unpaired) electrons. The van der Waals surface area contributed by atoms with Gasteiger partial charge in [0.2, 0.25) is 17.6 Å². The molecular weight excluding hydrogens is 434 g/mol. The normalized spacial score (nSPS) is 10.7. The number of benzene rings is 2. The molecule has 1 aromatic heterocycles. The Kier molecular flexibility index (Phi) is 8.40. The second-order valence-corrected chi connectivity index (χ2v) is 7.82. The molecule has 0 bridgehead atoms. The number of likely N-dealkylation sites (N-methyl/N-ethyl adjacent to an activating group) is 1. The Hall–Kier alpha value is -3.68. The summed E-state index contributed by atoms with van der Waals surface area (Å²) in [5.41, 5.74) is 2.53. The maximum Gasteiger partial charge on any atom is 0.242 e. The predicted octanol–water partition coefficient (Wildman–Crippen LogP) is 4.11. The number of amides is 2. The summed E-state index contributed by atoms with van der Waals surface area (Å²) >= 11 is 0. The molecule has 0 aliphatic carbocycles. The van der Waals surface area contributed by atoms with Crippen molar-refractivity contribution in [2.24, 2.45) is 0 Å². The van der Waals surface area contributed by atoms with Gasteiger partial charge in [-0.05, 0) is 56.2 Å². The highest BCUT2D eigenvalue weighted by Gasteiger charge is 2.17. The smallest absolute Gasteiger partial charge is 0.242 e. The molecule has 3 aromatic rings. The highest BCUT2D eigenvalue weighted by molar-refractivity contribution is 5.94. The van der Waals surface area contributed by atoms with E-state index < -0.39 is 0 Å². The van der Waals surface area contributed by atoms with Crippen molar-refractivity contribution in [2.45, 2.75) is 33.2 Å². The van der Waals surface area contributed by atoms with Gasteiger partial charge < -0.3 is 29.0 Å². The summed E-state index contributed by atoms with van der Waals surface area (Å²) in [5.74, 6) is 1.64. The van der Waals surface area contributed by atoms with Gasteiger partial charge in [0.25, 0.3) is 0 Å². The van der Waals surface area contributed by atoms with Gasteiger partial charge in [-0.15, -0.1) is 0 Å². The molecule has 2 aromatic carbocycles. The SMILES string of the molecule is CCN(CC)C(=O)Cn1ccc2cc(NC(=O)CCc3ccc(OC)c(OC)c3OC)ccc21. The van der Waals surface area contributed by atoms with Gasteiger partial charge in [0.05, 0.1) is 21.3 Å². The molecule has 182 valence electrons. The largest absolute Gasteiger partial charge is 0.493 e. The van der Waals surface area contributed by atoms with Gasteiger partial charge in [0.15, 0.2) is 11.5 Å². The molecule has 0 aliphatic heterocycles. The molecule has 8 heteroatoms. The molecule has 8 nitrogen and oxygen atoms in total. The van der Waals surface area contributed by atoms with Crippen LogP contribution in [0.4, 0.5) is 5.69 Å². The lowest BCUT2D eigenvalue weighted by Crippen LogP contribution is -2.33. The fraction of sp³-hybridized carbons (Fsp3) is 0.385. The third-order valence-corrected chi connectivity index (χ3v) is 5.88. The van der Waals surface area contributed by atoms with Gasteiger partial charge in [-0.25, -0.2) is 0 Å². The Morgan fingerprint density at radius 1 is 0.941 bits per heavy atom. The number of ether oxygens (including phenoxy) is 3. The van der Waals surface area contributed by atoms with Crippen LogP contribution in [-0.2, 0) is 22.6 Å². The van der Waals surface area contributed by atoms with E-state index in [9.17, 15) is 9.59 Å². The zero-order valence-electron chi connectivity index (χ0n) is 20.5. The van der Waals surface area contributed by atoms with Crippen LogP contribution in [0.1, 0.15) is 25.8 Å². The van der Waals surface area contributed by atoms with Crippen molar-refractivity contribution in [3.8, 4) is 17.2 Å². The first-order valence-corrected chi connectivity index (χ1v) is 11.4. The van der Waals surface area contributed by atoms with Crippen LogP contribution in [0.15, 0.2) is 42.6 Å². The van der Waals surface area contributed by atoms with E-state index in [-0.39, 0.29) is 18.2 Å². The van der Waals surface area contributed by atoms with E-state index in [1.165, 1.54) is 0 Å². The number of carbonyl (C=O) groups excluding carboxylic acids is 2. The molecule has 0 fully saturated rings. The Morgan fingerprint density at radius 2 is 1.68 bits per heavy atom. The number of hydrogen-bond acceptors (Lipinski definition) is 5. The average molecular weight is 468 g/mol. The molecule has 1 N–H and O–H groups in total. The number of aromatic nitrogens is 1. The Morgan fingerprint density at radius 3 is 2.32 bits per heavy atom. The van der Waals surface area contributed by atoms with Crippen LogP contribution >= 0.6 is 0 Å². The molecule has 0 aliphatic rings. The second kappa shape index (κ2) is 11.4. The molecule has 0 saturated carbocycles. The Bertz CT molecular complexity index is 1150. The van der Waals surface area contributed by atoms with Crippen LogP contribution in [-0.4, -0.2) is 55.7 Å². The highest BCUT2D eigenvalue weighted by atomic mass is 16.5. The van der Waals surface area contributed by atoms with Crippen LogP contribution < -0.4 is 19.5 Å². The van der Waals surface area contributed by atoms with Crippen molar-refractivity contribution in [1.82, 2.24) is 9.47 Å². The number of anilines is 1. The second-order valence-electron chi connectivity index (χ2n) is 7.82. The number of nitrogens with one attached hydrogen (secondary N) is 1. The van der Waals surface area contributed by atoms with Crippen molar-refractivity contribution in [1.29, 1.82) is 0 Å². The van der Waals surface area contributed by atoms with E-state index in [4.69, 9.17) is 14.2 Å². The molecule has 0 atom stereocenters. The van der Waals surface area contributed by atoms with Crippen LogP contribution in [0, 0.1) is 0 Å². The van der Waals surface area contributed by atoms with Gasteiger partial charge in [0, 0.05) is 42.3 Å². The summed E-state index contributed by atoms with van der Waals surface area (Å²) in [5, 5.41) is 3.92. The van der Waals surface area contributed by atoms with Crippen molar-refractivity contribution in [2.75, 3.05) is 39.7 Å². The average Bonchev–Trinajstić information content (AvgIpc) is 3.24. The van der Waals surface area contributed by atoms with Gasteiger partial charge in [-0.2, -0.15) is 0 Å². The summed E-state index contributed by atoms with van der Waals surface area (Å²) in [6.45, 7) is 5.64. The van der Waals surface area contributed by atoms with E-state index >= 15 is 0 Å². The number of carbonyl (C=O) groups is 2. The number of methoxy groups -OCH3 is 3. The molecule has 1 heterocycles. The fourth-order valence-corrected chi connectivity index (χ4v) is 4.07. The third kappa shape index (κ3) is 5.44. The van der Waals surface area contributed by atoms with Gasteiger partial charge in [-0.3, -0.25) is 9.59 Å². The maximum atomic E-state index is 12.6. The minimum Gasteiger partial charge on any atom is -0.493 e. The van der Waals surface area contributed by atoms with Gasteiger partial charge >= 0.3 is 0 Å². The minimum atomic E-state index is -0.104. The van der Waals surface area contributed by atoms with Crippen LogP contribution in [0.2, 0.25) is 0 Å². The number of rotatable bonds is 11. The molecule has 34 heavy (non-hydrogen) atoms. The molecule has 2 amide bonds. The van der Waals surface area contributed by atoms with E-state index in [0.717, 1.165) is 16.5 Å². The third-order valence-electron chi connectivity index (χ3n) is 5.88. The zero-order valence-corrected chi connectivity index (χ0v) is 20.5. The molecular formula is C26H33N3O5. The lowest BCUT2D eigenvalue weighted by atomic mass is 10.1. The Labute approximate surface area is 200 Å². The molecule has 3 rings (SSSR count). The summed E-state index contributed by atoms with van der Waals surface area (Å²) in [6.07, 6.45) is 2.67. The summed E-state index contributed by atoms with van der Waals surface area (Å²) < 4.78 is 18.2. The van der Waals surface area contributed by atoms with Crippen molar-refractivity contribution in [3.63, 3.8) is 0 Å².